The predicted octanol–water partition coefficient (Wildman–Crippen LogP) is 5.15. The maximum atomic E-state index is 12.9. The third-order valence-electron chi connectivity index (χ3n) is 4.20. The molecule has 2 aromatic rings. The smallest absolute Gasteiger partial charge is 0.410 e. The van der Waals surface area contributed by atoms with Gasteiger partial charge in [0.1, 0.15) is 5.60 Å². The molecule has 0 saturated carbocycles. The van der Waals surface area contributed by atoms with E-state index < -0.39 is 5.60 Å². The second kappa shape index (κ2) is 8.51. The lowest BCUT2D eigenvalue weighted by Crippen LogP contribution is -2.37. The van der Waals surface area contributed by atoms with Gasteiger partial charge in [-0.2, -0.15) is 0 Å². The highest BCUT2D eigenvalue weighted by Crippen LogP contribution is 2.21. The van der Waals surface area contributed by atoms with Crippen LogP contribution in [0, 0.1) is 13.8 Å². The number of pyridine rings is 2. The van der Waals surface area contributed by atoms with E-state index >= 15 is 0 Å². The van der Waals surface area contributed by atoms with E-state index in [1.165, 1.54) is 0 Å². The number of aryl methyl sites for hydroxylation is 2. The zero-order valence-electron chi connectivity index (χ0n) is 17.5. The highest BCUT2D eigenvalue weighted by molar-refractivity contribution is 5.68. The van der Waals surface area contributed by atoms with E-state index in [0.717, 1.165) is 28.1 Å². The van der Waals surface area contributed by atoms with Crippen molar-refractivity contribution in [2.24, 2.45) is 0 Å². The SMILES string of the molecule is Cc1cnc(CN(Cc2ncccc2C(C)C)C(=O)OC(C)(C)C)c(C)c1. The minimum Gasteiger partial charge on any atom is -0.444 e. The molecule has 146 valence electrons. The van der Waals surface area contributed by atoms with Crippen LogP contribution in [0.15, 0.2) is 30.6 Å². The number of amides is 1. The molecule has 2 aromatic heterocycles. The maximum Gasteiger partial charge on any atom is 0.410 e. The normalized spacial score (nSPS) is 11.6. The van der Waals surface area contributed by atoms with Crippen LogP contribution in [0.1, 0.15) is 68.6 Å². The van der Waals surface area contributed by atoms with Crippen molar-refractivity contribution in [3.8, 4) is 0 Å². The summed E-state index contributed by atoms with van der Waals surface area (Å²) >= 11 is 0. The Labute approximate surface area is 162 Å². The van der Waals surface area contributed by atoms with E-state index in [9.17, 15) is 4.79 Å². The molecule has 27 heavy (non-hydrogen) atoms. The van der Waals surface area contributed by atoms with Gasteiger partial charge in [0.05, 0.1) is 24.5 Å². The second-order valence-corrected chi connectivity index (χ2v) is 8.31. The van der Waals surface area contributed by atoms with Gasteiger partial charge < -0.3 is 4.74 Å². The number of carbonyl (C=O) groups excluding carboxylic acids is 1. The fourth-order valence-electron chi connectivity index (χ4n) is 2.89. The molecule has 5 nitrogen and oxygen atoms in total. The number of aromatic nitrogens is 2. The molecule has 2 rings (SSSR count). The zero-order valence-corrected chi connectivity index (χ0v) is 17.5. The first-order chi connectivity index (χ1) is 12.6. The number of nitrogens with zero attached hydrogens (tertiary/aromatic N) is 3. The Morgan fingerprint density at radius 2 is 1.81 bits per heavy atom. The van der Waals surface area contributed by atoms with Gasteiger partial charge in [0.2, 0.25) is 0 Å². The monoisotopic (exact) mass is 369 g/mol. The van der Waals surface area contributed by atoms with Crippen molar-refractivity contribution in [2.45, 2.75) is 73.1 Å². The summed E-state index contributed by atoms with van der Waals surface area (Å²) in [5.41, 5.74) is 4.51. The van der Waals surface area contributed by atoms with E-state index in [4.69, 9.17) is 4.74 Å². The summed E-state index contributed by atoms with van der Waals surface area (Å²) in [6.07, 6.45) is 3.24. The third kappa shape index (κ3) is 6.05. The lowest BCUT2D eigenvalue weighted by atomic mass is 10.0. The van der Waals surface area contributed by atoms with Crippen LogP contribution in [0.4, 0.5) is 4.79 Å². The molecule has 0 spiro atoms. The first-order valence-electron chi connectivity index (χ1n) is 9.40. The van der Waals surface area contributed by atoms with Crippen LogP contribution in [0.2, 0.25) is 0 Å². The number of hydrogen-bond donors (Lipinski definition) is 0. The Morgan fingerprint density at radius 1 is 1.15 bits per heavy atom. The molecule has 0 saturated heterocycles. The van der Waals surface area contributed by atoms with E-state index in [1.54, 1.807) is 11.1 Å². The number of hydrogen-bond acceptors (Lipinski definition) is 4. The molecule has 5 heteroatoms. The Morgan fingerprint density at radius 3 is 2.41 bits per heavy atom. The van der Waals surface area contributed by atoms with Gasteiger partial charge in [-0.15, -0.1) is 0 Å². The van der Waals surface area contributed by atoms with Gasteiger partial charge in [0, 0.05) is 12.4 Å². The van der Waals surface area contributed by atoms with Gasteiger partial charge in [0.25, 0.3) is 0 Å². The van der Waals surface area contributed by atoms with Crippen LogP contribution < -0.4 is 0 Å². The van der Waals surface area contributed by atoms with Crippen molar-refractivity contribution >= 4 is 6.09 Å². The summed E-state index contributed by atoms with van der Waals surface area (Å²) in [6, 6.07) is 6.08. The molecule has 0 N–H and O–H groups in total. The average molecular weight is 370 g/mol. The molecule has 0 aromatic carbocycles. The Kier molecular flexibility index (Phi) is 6.58. The molecule has 0 aliphatic heterocycles. The van der Waals surface area contributed by atoms with E-state index in [-0.39, 0.29) is 6.09 Å². The third-order valence-corrected chi connectivity index (χ3v) is 4.20. The van der Waals surface area contributed by atoms with Gasteiger partial charge in [-0.3, -0.25) is 14.9 Å². The topological polar surface area (TPSA) is 55.3 Å². The average Bonchev–Trinajstić information content (AvgIpc) is 2.55. The Bertz CT molecular complexity index is 794. The van der Waals surface area contributed by atoms with Gasteiger partial charge in [-0.05, 0) is 63.3 Å². The summed E-state index contributed by atoms with van der Waals surface area (Å²) in [7, 11) is 0. The molecule has 0 atom stereocenters. The van der Waals surface area contributed by atoms with Crippen LogP contribution in [0.3, 0.4) is 0 Å². The van der Waals surface area contributed by atoms with Crippen LogP contribution in [0.5, 0.6) is 0 Å². The lowest BCUT2D eigenvalue weighted by molar-refractivity contribution is 0.0210. The molecular formula is C22H31N3O2. The van der Waals surface area contributed by atoms with Gasteiger partial charge in [-0.1, -0.05) is 26.0 Å². The van der Waals surface area contributed by atoms with Crippen molar-refractivity contribution < 1.29 is 9.53 Å². The first-order valence-corrected chi connectivity index (χ1v) is 9.40. The molecular weight excluding hydrogens is 338 g/mol. The summed E-state index contributed by atoms with van der Waals surface area (Å²) in [5, 5.41) is 0. The minimum atomic E-state index is -0.559. The molecule has 0 aliphatic carbocycles. The molecule has 0 unspecified atom stereocenters. The Balaban J connectivity index is 2.34. The number of carbonyl (C=O) groups is 1. The minimum absolute atomic E-state index is 0.327. The van der Waals surface area contributed by atoms with E-state index in [0.29, 0.717) is 19.0 Å². The number of rotatable bonds is 5. The van der Waals surface area contributed by atoms with E-state index in [1.807, 2.05) is 46.9 Å². The quantitative estimate of drug-likeness (QED) is 0.731. The molecule has 0 fully saturated rings. The fraction of sp³-hybridized carbons (Fsp3) is 0.500. The predicted molar refractivity (Wildman–Crippen MR) is 108 cm³/mol. The first kappa shape index (κ1) is 20.9. The lowest BCUT2D eigenvalue weighted by Gasteiger charge is -2.28. The Hall–Kier alpha value is -2.43. The van der Waals surface area contributed by atoms with Crippen molar-refractivity contribution in [2.75, 3.05) is 0 Å². The molecule has 0 aliphatic rings. The van der Waals surface area contributed by atoms with Crippen molar-refractivity contribution in [1.29, 1.82) is 0 Å². The van der Waals surface area contributed by atoms with Crippen LogP contribution in [-0.4, -0.2) is 26.6 Å². The van der Waals surface area contributed by atoms with Gasteiger partial charge in [0.15, 0.2) is 0 Å². The summed E-state index contributed by atoms with van der Waals surface area (Å²) in [5.74, 6) is 0.327. The van der Waals surface area contributed by atoms with Crippen molar-refractivity contribution in [3.63, 3.8) is 0 Å². The van der Waals surface area contributed by atoms with Crippen LogP contribution in [-0.2, 0) is 17.8 Å². The highest BCUT2D eigenvalue weighted by atomic mass is 16.6. The van der Waals surface area contributed by atoms with Gasteiger partial charge in [-0.25, -0.2) is 4.79 Å². The van der Waals surface area contributed by atoms with Crippen molar-refractivity contribution in [3.05, 3.63) is 58.7 Å². The van der Waals surface area contributed by atoms with Crippen LogP contribution >= 0.6 is 0 Å². The molecule has 2 heterocycles. The largest absolute Gasteiger partial charge is 0.444 e. The van der Waals surface area contributed by atoms with Crippen LogP contribution in [0.25, 0.3) is 0 Å². The summed E-state index contributed by atoms with van der Waals surface area (Å²) in [6.45, 7) is 14.7. The fourth-order valence-corrected chi connectivity index (χ4v) is 2.89. The highest BCUT2D eigenvalue weighted by Gasteiger charge is 2.24. The van der Waals surface area contributed by atoms with Crippen molar-refractivity contribution in [1.82, 2.24) is 14.9 Å². The van der Waals surface area contributed by atoms with Gasteiger partial charge >= 0.3 is 6.09 Å². The van der Waals surface area contributed by atoms with E-state index in [2.05, 4.69) is 35.9 Å². The summed E-state index contributed by atoms with van der Waals surface area (Å²) < 4.78 is 5.64. The standard InChI is InChI=1S/C22H31N3O2/c1-15(2)18-9-8-10-23-20(18)14-25(21(26)27-22(5,6)7)13-19-17(4)11-16(3)12-24-19/h8-12,15H,13-14H2,1-7H3. The second-order valence-electron chi connectivity index (χ2n) is 8.31. The molecule has 1 amide bonds. The number of ether oxygens (including phenoxy) is 1. The zero-order chi connectivity index (χ0) is 20.2. The molecule has 0 radical (unpaired) electrons. The summed E-state index contributed by atoms with van der Waals surface area (Å²) in [4.78, 5) is 23.6. The maximum absolute atomic E-state index is 12.9. The molecule has 0 bridgehead atoms.